The summed E-state index contributed by atoms with van der Waals surface area (Å²) in [6.07, 6.45) is 9.69. The third kappa shape index (κ3) is 1.69. The van der Waals surface area contributed by atoms with Crippen molar-refractivity contribution < 1.29 is 0 Å². The molecule has 0 spiro atoms. The molecular weight excluding hydrogens is 309 g/mol. The summed E-state index contributed by atoms with van der Waals surface area (Å²) in [5, 5.41) is 0. The number of hydrogen-bond donors (Lipinski definition) is 0. The molecule has 0 fully saturated rings. The number of fused-ring (bicyclic) bond motifs is 1. The number of halogens is 1. The molecule has 1 nitrogen and oxygen atoms in total. The van der Waals surface area contributed by atoms with Crippen LogP contribution < -0.4 is 3.11 Å². The van der Waals surface area contributed by atoms with Crippen molar-refractivity contribution in [1.29, 1.82) is 0 Å². The highest BCUT2D eigenvalue weighted by molar-refractivity contribution is 14.1. The van der Waals surface area contributed by atoms with Gasteiger partial charge >= 0.3 is 0 Å². The first-order valence-corrected chi connectivity index (χ1v) is 6.78. The normalized spacial score (nSPS) is 19.2. The van der Waals surface area contributed by atoms with Crippen molar-refractivity contribution in [3.63, 3.8) is 0 Å². The number of benzene rings is 1. The van der Waals surface area contributed by atoms with E-state index in [4.69, 9.17) is 0 Å². The van der Waals surface area contributed by atoms with E-state index in [0.29, 0.717) is 0 Å². The number of allylic oxidation sites excluding steroid dienone is 3. The van der Waals surface area contributed by atoms with Gasteiger partial charge in [0.1, 0.15) is 0 Å². The number of para-hydroxylation sites is 1. The lowest BCUT2D eigenvalue weighted by Crippen LogP contribution is -2.13. The summed E-state index contributed by atoms with van der Waals surface area (Å²) in [5.41, 5.74) is 5.68. The van der Waals surface area contributed by atoms with Gasteiger partial charge in [0, 0.05) is 5.70 Å². The molecule has 1 aliphatic heterocycles. The molecule has 2 heteroatoms. The van der Waals surface area contributed by atoms with E-state index < -0.39 is 0 Å². The Labute approximate surface area is 110 Å². The molecule has 0 unspecified atom stereocenters. The van der Waals surface area contributed by atoms with Crippen molar-refractivity contribution >= 4 is 34.6 Å². The van der Waals surface area contributed by atoms with Crippen LogP contribution in [-0.4, -0.2) is 0 Å². The molecule has 0 amide bonds. The van der Waals surface area contributed by atoms with E-state index in [9.17, 15) is 0 Å². The van der Waals surface area contributed by atoms with Crippen LogP contribution in [0.15, 0.2) is 41.6 Å². The fraction of sp³-hybridized carbons (Fsp3) is 0.286. The van der Waals surface area contributed by atoms with Crippen LogP contribution in [0.5, 0.6) is 0 Å². The summed E-state index contributed by atoms with van der Waals surface area (Å²) in [5.74, 6) is 0. The van der Waals surface area contributed by atoms with Crippen LogP contribution in [0.4, 0.5) is 5.69 Å². The van der Waals surface area contributed by atoms with Crippen LogP contribution in [0, 0.1) is 0 Å². The average Bonchev–Trinajstić information content (AvgIpc) is 2.49. The van der Waals surface area contributed by atoms with E-state index >= 15 is 0 Å². The van der Waals surface area contributed by atoms with Crippen LogP contribution in [-0.2, 0) is 0 Å². The number of anilines is 1. The molecule has 2 aliphatic rings. The summed E-state index contributed by atoms with van der Waals surface area (Å²) in [7, 11) is 0. The minimum absolute atomic E-state index is 1.22. The maximum absolute atomic E-state index is 2.44. The minimum atomic E-state index is 1.22. The summed E-state index contributed by atoms with van der Waals surface area (Å²) in [6.45, 7) is 0. The van der Waals surface area contributed by atoms with Gasteiger partial charge in [0.25, 0.3) is 0 Å². The van der Waals surface area contributed by atoms with E-state index in [0.717, 1.165) is 0 Å². The van der Waals surface area contributed by atoms with Gasteiger partial charge < -0.3 is 0 Å². The van der Waals surface area contributed by atoms with Crippen molar-refractivity contribution in [2.24, 2.45) is 0 Å². The zero-order valence-corrected chi connectivity index (χ0v) is 11.3. The quantitative estimate of drug-likeness (QED) is 0.494. The molecule has 0 N–H and O–H groups in total. The second-order valence-electron chi connectivity index (χ2n) is 4.35. The minimum Gasteiger partial charge on any atom is -0.286 e. The summed E-state index contributed by atoms with van der Waals surface area (Å²) in [4.78, 5) is 0. The molecular formula is C14H14IN. The first-order valence-electron chi connectivity index (χ1n) is 5.81. The summed E-state index contributed by atoms with van der Waals surface area (Å²) >= 11 is 2.44. The molecule has 0 aromatic heterocycles. The molecule has 82 valence electrons. The number of hydrogen-bond acceptors (Lipinski definition) is 1. The van der Waals surface area contributed by atoms with Crippen molar-refractivity contribution in [2.75, 3.05) is 3.11 Å². The highest BCUT2D eigenvalue weighted by atomic mass is 127. The SMILES string of the molecule is IN1C2=C(C=Cc3ccccc31)CCCC2. The molecule has 0 radical (unpaired) electrons. The van der Waals surface area contributed by atoms with E-state index in [1.165, 1.54) is 48.2 Å². The standard InChI is InChI=1S/C14H14IN/c15-16-13-7-3-1-5-11(13)9-10-12-6-2-4-8-14(12)16/h1,3,5,7,9-10H,2,4,6,8H2. The molecule has 0 atom stereocenters. The third-order valence-electron chi connectivity index (χ3n) is 3.33. The van der Waals surface area contributed by atoms with Crippen molar-refractivity contribution in [2.45, 2.75) is 25.7 Å². The van der Waals surface area contributed by atoms with E-state index in [1.54, 1.807) is 0 Å². The maximum atomic E-state index is 2.44. The molecule has 1 aromatic carbocycles. The van der Waals surface area contributed by atoms with E-state index in [-0.39, 0.29) is 0 Å². The van der Waals surface area contributed by atoms with E-state index in [1.807, 2.05) is 0 Å². The maximum Gasteiger partial charge on any atom is 0.0643 e. The van der Waals surface area contributed by atoms with Crippen LogP contribution in [0.3, 0.4) is 0 Å². The first kappa shape index (κ1) is 10.4. The van der Waals surface area contributed by atoms with Gasteiger partial charge in [0.2, 0.25) is 0 Å². The predicted octanol–water partition coefficient (Wildman–Crippen LogP) is 4.70. The van der Waals surface area contributed by atoms with Crippen LogP contribution in [0.2, 0.25) is 0 Å². The van der Waals surface area contributed by atoms with Gasteiger partial charge in [-0.3, -0.25) is 3.11 Å². The summed E-state index contributed by atoms with van der Waals surface area (Å²) in [6, 6.07) is 8.62. The first-order chi connectivity index (χ1) is 7.86. The highest BCUT2D eigenvalue weighted by Crippen LogP contribution is 2.38. The Morgan fingerprint density at radius 1 is 1.00 bits per heavy atom. The zero-order valence-electron chi connectivity index (χ0n) is 9.12. The van der Waals surface area contributed by atoms with Gasteiger partial charge in [-0.05, 0) is 42.9 Å². The Bertz CT molecular complexity index is 473. The summed E-state index contributed by atoms with van der Waals surface area (Å²) < 4.78 is 2.35. The van der Waals surface area contributed by atoms with Crippen LogP contribution >= 0.6 is 22.9 Å². The molecule has 1 heterocycles. The Morgan fingerprint density at radius 2 is 1.81 bits per heavy atom. The fourth-order valence-corrected chi connectivity index (χ4v) is 3.45. The molecule has 1 aliphatic carbocycles. The largest absolute Gasteiger partial charge is 0.286 e. The third-order valence-corrected chi connectivity index (χ3v) is 4.43. The Morgan fingerprint density at radius 3 is 2.75 bits per heavy atom. The number of nitrogens with zero attached hydrogens (tertiary/aromatic N) is 1. The van der Waals surface area contributed by atoms with Gasteiger partial charge in [0.15, 0.2) is 0 Å². The Hall–Kier alpha value is -0.770. The average molecular weight is 323 g/mol. The topological polar surface area (TPSA) is 3.24 Å². The van der Waals surface area contributed by atoms with Gasteiger partial charge in [-0.15, -0.1) is 0 Å². The molecule has 0 saturated heterocycles. The Balaban J connectivity index is 2.13. The smallest absolute Gasteiger partial charge is 0.0643 e. The van der Waals surface area contributed by atoms with Crippen LogP contribution in [0.1, 0.15) is 31.2 Å². The predicted molar refractivity (Wildman–Crippen MR) is 77.5 cm³/mol. The fourth-order valence-electron chi connectivity index (χ4n) is 2.46. The van der Waals surface area contributed by atoms with Gasteiger partial charge in [-0.2, -0.15) is 0 Å². The van der Waals surface area contributed by atoms with Crippen molar-refractivity contribution in [3.8, 4) is 0 Å². The Kier molecular flexibility index (Phi) is 2.75. The molecule has 3 rings (SSSR count). The second-order valence-corrected chi connectivity index (χ2v) is 5.32. The lowest BCUT2D eigenvalue weighted by atomic mass is 9.96. The second kappa shape index (κ2) is 4.24. The monoisotopic (exact) mass is 323 g/mol. The van der Waals surface area contributed by atoms with Gasteiger partial charge in [0.05, 0.1) is 28.6 Å². The number of rotatable bonds is 0. The molecule has 16 heavy (non-hydrogen) atoms. The van der Waals surface area contributed by atoms with Crippen molar-refractivity contribution in [3.05, 3.63) is 47.2 Å². The van der Waals surface area contributed by atoms with Gasteiger partial charge in [-0.1, -0.05) is 30.4 Å². The molecule has 0 saturated carbocycles. The zero-order chi connectivity index (χ0) is 11.0. The van der Waals surface area contributed by atoms with E-state index in [2.05, 4.69) is 62.4 Å². The van der Waals surface area contributed by atoms with Gasteiger partial charge in [-0.25, -0.2) is 0 Å². The molecule has 0 bridgehead atoms. The highest BCUT2D eigenvalue weighted by Gasteiger charge is 2.20. The van der Waals surface area contributed by atoms with Crippen LogP contribution in [0.25, 0.3) is 6.08 Å². The lowest BCUT2D eigenvalue weighted by molar-refractivity contribution is 0.681. The molecule has 1 aromatic rings. The lowest BCUT2D eigenvalue weighted by Gasteiger charge is -2.25. The van der Waals surface area contributed by atoms with Crippen molar-refractivity contribution in [1.82, 2.24) is 0 Å².